The van der Waals surface area contributed by atoms with E-state index in [9.17, 15) is 0 Å². The van der Waals surface area contributed by atoms with E-state index in [1.54, 1.807) is 6.08 Å². The van der Waals surface area contributed by atoms with Crippen LogP contribution in [-0.2, 0) is 0 Å². The number of nitrogens with zero attached hydrogens (tertiary/aromatic N) is 2. The first kappa shape index (κ1) is 7.68. The van der Waals surface area contributed by atoms with Crippen molar-refractivity contribution >= 4 is 0 Å². The van der Waals surface area contributed by atoms with Crippen LogP contribution >= 0.6 is 0 Å². The van der Waals surface area contributed by atoms with Gasteiger partial charge in [-0.05, 0) is 6.42 Å². The molecule has 58 valence electrons. The van der Waals surface area contributed by atoms with Gasteiger partial charge in [-0.1, -0.05) is 6.08 Å². The molecule has 0 unspecified atom stereocenters. The second-order valence-corrected chi connectivity index (χ2v) is 2.33. The molecule has 0 aromatic heterocycles. The molecular weight excluding hydrogens is 132 g/mol. The third kappa shape index (κ3) is 1.35. The Morgan fingerprint density at radius 2 is 1.90 bits per heavy atom. The number of hydrogen-bond donors (Lipinski definition) is 2. The van der Waals surface area contributed by atoms with Crippen LogP contribution in [0, 0.1) is 0 Å². The fraction of sp³-hybridized carbons (Fsp3) is 0.667. The van der Waals surface area contributed by atoms with E-state index in [1.807, 2.05) is 0 Å². The first-order valence-corrected chi connectivity index (χ1v) is 3.27. The third-order valence-corrected chi connectivity index (χ3v) is 1.62. The summed E-state index contributed by atoms with van der Waals surface area (Å²) in [5, 5.41) is 20.4. The molecule has 0 aromatic carbocycles. The maximum Gasteiger partial charge on any atom is 0.114 e. The fourth-order valence-electron chi connectivity index (χ4n) is 1.05. The van der Waals surface area contributed by atoms with Crippen molar-refractivity contribution < 1.29 is 10.4 Å². The second-order valence-electron chi connectivity index (χ2n) is 2.33. The molecule has 0 amide bonds. The average molecular weight is 144 g/mol. The molecule has 0 bridgehead atoms. The monoisotopic (exact) mass is 144 g/mol. The molecule has 0 aliphatic carbocycles. The van der Waals surface area contributed by atoms with Gasteiger partial charge in [-0.2, -0.15) is 10.1 Å². The molecule has 4 heteroatoms. The largest absolute Gasteiger partial charge is 0.312 e. The Balaban J connectivity index is 2.45. The lowest BCUT2D eigenvalue weighted by Gasteiger charge is -2.19. The summed E-state index contributed by atoms with van der Waals surface area (Å²) in [5.74, 6) is 0. The van der Waals surface area contributed by atoms with Crippen LogP contribution in [0.25, 0.3) is 0 Å². The smallest absolute Gasteiger partial charge is 0.114 e. The van der Waals surface area contributed by atoms with Crippen LogP contribution in [0.2, 0.25) is 0 Å². The highest BCUT2D eigenvalue weighted by atomic mass is 16.6. The molecule has 0 atom stereocenters. The predicted octanol–water partition coefficient (Wildman–Crippen LogP) is 0.285. The highest BCUT2D eigenvalue weighted by Crippen LogP contribution is 2.12. The van der Waals surface area contributed by atoms with E-state index in [2.05, 4.69) is 6.58 Å². The summed E-state index contributed by atoms with van der Waals surface area (Å²) in [6.45, 7) is 4.51. The normalized spacial score (nSPS) is 23.8. The summed E-state index contributed by atoms with van der Waals surface area (Å²) in [5.41, 5.74) is 0. The lowest BCUT2D eigenvalue weighted by Crippen LogP contribution is -2.34. The Kier molecular flexibility index (Phi) is 2.39. The molecule has 0 radical (unpaired) electrons. The standard InChI is InChI=1S/C6H12N2O2/c1-2-3-6-7(9)4-5-8(6)10/h2,6,9-10H,1,3-5H2. The highest BCUT2D eigenvalue weighted by molar-refractivity contribution is 4.79. The Morgan fingerprint density at radius 1 is 1.40 bits per heavy atom. The lowest BCUT2D eigenvalue weighted by atomic mass is 10.3. The van der Waals surface area contributed by atoms with Gasteiger partial charge in [0.05, 0.1) is 0 Å². The number of hydroxylamine groups is 4. The molecule has 0 aromatic rings. The Labute approximate surface area is 59.9 Å². The highest BCUT2D eigenvalue weighted by Gasteiger charge is 2.28. The van der Waals surface area contributed by atoms with E-state index in [0.717, 1.165) is 10.1 Å². The first-order chi connectivity index (χ1) is 4.75. The van der Waals surface area contributed by atoms with E-state index < -0.39 is 0 Å². The van der Waals surface area contributed by atoms with E-state index in [0.29, 0.717) is 19.5 Å². The maximum absolute atomic E-state index is 9.07. The van der Waals surface area contributed by atoms with Gasteiger partial charge in [0.25, 0.3) is 0 Å². The van der Waals surface area contributed by atoms with Gasteiger partial charge >= 0.3 is 0 Å². The van der Waals surface area contributed by atoms with Crippen molar-refractivity contribution in [3.63, 3.8) is 0 Å². The summed E-state index contributed by atoms with van der Waals surface area (Å²) in [6.07, 6.45) is 1.95. The summed E-state index contributed by atoms with van der Waals surface area (Å²) >= 11 is 0. The van der Waals surface area contributed by atoms with Crippen LogP contribution in [0.5, 0.6) is 0 Å². The van der Waals surface area contributed by atoms with Crippen molar-refractivity contribution in [3.8, 4) is 0 Å². The summed E-state index contributed by atoms with van der Waals surface area (Å²) in [7, 11) is 0. The molecule has 0 saturated carbocycles. The maximum atomic E-state index is 9.07. The number of rotatable bonds is 2. The molecule has 2 N–H and O–H groups in total. The van der Waals surface area contributed by atoms with E-state index in [1.165, 1.54) is 0 Å². The van der Waals surface area contributed by atoms with Gasteiger partial charge in [-0.15, -0.1) is 6.58 Å². The molecular formula is C6H12N2O2. The minimum atomic E-state index is -0.294. The first-order valence-electron chi connectivity index (χ1n) is 3.27. The topological polar surface area (TPSA) is 46.9 Å². The molecule has 1 aliphatic heterocycles. The van der Waals surface area contributed by atoms with Gasteiger partial charge in [-0.3, -0.25) is 0 Å². The van der Waals surface area contributed by atoms with Gasteiger partial charge in [0, 0.05) is 13.1 Å². The van der Waals surface area contributed by atoms with Gasteiger partial charge in [0.1, 0.15) is 6.17 Å². The minimum Gasteiger partial charge on any atom is -0.312 e. The van der Waals surface area contributed by atoms with Crippen LogP contribution in [0.3, 0.4) is 0 Å². The van der Waals surface area contributed by atoms with Crippen LogP contribution in [-0.4, -0.2) is 39.8 Å². The molecule has 1 aliphatic rings. The van der Waals surface area contributed by atoms with E-state index >= 15 is 0 Å². The molecule has 1 fully saturated rings. The Hall–Kier alpha value is -0.420. The van der Waals surface area contributed by atoms with Gasteiger partial charge in [-0.25, -0.2) is 0 Å². The molecule has 1 saturated heterocycles. The summed E-state index contributed by atoms with van der Waals surface area (Å²) in [4.78, 5) is 0. The third-order valence-electron chi connectivity index (χ3n) is 1.62. The van der Waals surface area contributed by atoms with Crippen molar-refractivity contribution in [3.05, 3.63) is 12.7 Å². The number of hydrogen-bond acceptors (Lipinski definition) is 4. The van der Waals surface area contributed by atoms with Crippen LogP contribution in [0.15, 0.2) is 12.7 Å². The van der Waals surface area contributed by atoms with Crippen molar-refractivity contribution in [2.45, 2.75) is 12.6 Å². The molecule has 0 spiro atoms. The zero-order chi connectivity index (χ0) is 7.56. The minimum absolute atomic E-state index is 0.294. The van der Waals surface area contributed by atoms with Crippen molar-refractivity contribution in [2.75, 3.05) is 13.1 Å². The summed E-state index contributed by atoms with van der Waals surface area (Å²) in [6, 6.07) is 0. The Morgan fingerprint density at radius 3 is 2.30 bits per heavy atom. The van der Waals surface area contributed by atoms with Crippen LogP contribution in [0.4, 0.5) is 0 Å². The van der Waals surface area contributed by atoms with Gasteiger partial charge < -0.3 is 10.4 Å². The van der Waals surface area contributed by atoms with Crippen LogP contribution < -0.4 is 0 Å². The van der Waals surface area contributed by atoms with Crippen molar-refractivity contribution in [1.29, 1.82) is 0 Å². The average Bonchev–Trinajstić information content (AvgIpc) is 2.20. The van der Waals surface area contributed by atoms with Crippen molar-refractivity contribution in [2.24, 2.45) is 0 Å². The molecule has 1 rings (SSSR count). The quantitative estimate of drug-likeness (QED) is 0.547. The predicted molar refractivity (Wildman–Crippen MR) is 35.6 cm³/mol. The SMILES string of the molecule is C=CCC1N(O)CCN1O. The summed E-state index contributed by atoms with van der Waals surface area (Å²) < 4.78 is 0. The van der Waals surface area contributed by atoms with E-state index in [-0.39, 0.29) is 6.17 Å². The molecule has 10 heavy (non-hydrogen) atoms. The van der Waals surface area contributed by atoms with Gasteiger partial charge in [0.15, 0.2) is 0 Å². The Bertz CT molecular complexity index is 119. The second kappa shape index (κ2) is 3.12. The van der Waals surface area contributed by atoms with Gasteiger partial charge in [0.2, 0.25) is 0 Å². The van der Waals surface area contributed by atoms with E-state index in [4.69, 9.17) is 10.4 Å². The van der Waals surface area contributed by atoms with Crippen LogP contribution in [0.1, 0.15) is 6.42 Å². The lowest BCUT2D eigenvalue weighted by molar-refractivity contribution is -0.193. The zero-order valence-electron chi connectivity index (χ0n) is 5.77. The molecule has 1 heterocycles. The zero-order valence-corrected chi connectivity index (χ0v) is 5.77. The van der Waals surface area contributed by atoms with Crippen molar-refractivity contribution in [1.82, 2.24) is 10.1 Å². The molecule has 4 nitrogen and oxygen atoms in total. The fourth-order valence-corrected chi connectivity index (χ4v) is 1.05.